The molecule has 1 heterocycles. The monoisotopic (exact) mass is 322 g/mol. The van der Waals surface area contributed by atoms with Crippen LogP contribution in [0.15, 0.2) is 42.5 Å². The van der Waals surface area contributed by atoms with Gasteiger partial charge in [0, 0.05) is 11.5 Å². The summed E-state index contributed by atoms with van der Waals surface area (Å²) in [6.07, 6.45) is 4.86. The van der Waals surface area contributed by atoms with Gasteiger partial charge in [0.1, 0.15) is 6.61 Å². The summed E-state index contributed by atoms with van der Waals surface area (Å²) in [5.74, 6) is 2.17. The molecule has 0 amide bonds. The topological polar surface area (TPSA) is 26.3 Å². The van der Waals surface area contributed by atoms with Crippen molar-refractivity contribution < 1.29 is 9.53 Å². The van der Waals surface area contributed by atoms with E-state index in [9.17, 15) is 4.79 Å². The molecule has 1 aromatic carbocycles. The third kappa shape index (κ3) is 5.44. The molecule has 0 N–H and O–H groups in total. The first kappa shape index (κ1) is 16.5. The molecule has 0 bridgehead atoms. The van der Waals surface area contributed by atoms with Crippen molar-refractivity contribution in [1.82, 2.24) is 0 Å². The Morgan fingerprint density at radius 3 is 2.62 bits per heavy atom. The summed E-state index contributed by atoms with van der Waals surface area (Å²) in [4.78, 5) is 11.8. The highest BCUT2D eigenvalue weighted by atomic mass is 32.2. The van der Waals surface area contributed by atoms with Crippen LogP contribution in [0.4, 0.5) is 0 Å². The molecule has 2 rings (SSSR count). The lowest BCUT2D eigenvalue weighted by Gasteiger charge is -2.33. The summed E-state index contributed by atoms with van der Waals surface area (Å²) in [6.45, 7) is 4.70. The van der Waals surface area contributed by atoms with Crippen molar-refractivity contribution >= 4 is 29.5 Å². The second kappa shape index (κ2) is 7.95. The number of carbonyl (C=O) groups is 1. The Bertz CT molecular complexity index is 477. The number of benzene rings is 1. The van der Waals surface area contributed by atoms with Crippen LogP contribution in [0, 0.1) is 5.41 Å². The van der Waals surface area contributed by atoms with E-state index < -0.39 is 0 Å². The number of carbonyl (C=O) groups excluding carboxylic acids is 1. The van der Waals surface area contributed by atoms with Crippen LogP contribution in [-0.2, 0) is 16.1 Å². The summed E-state index contributed by atoms with van der Waals surface area (Å²) in [6, 6.07) is 9.75. The van der Waals surface area contributed by atoms with Crippen molar-refractivity contribution in [3.8, 4) is 0 Å². The number of ether oxygens (including phenoxy) is 1. The molecule has 0 unspecified atom stereocenters. The van der Waals surface area contributed by atoms with Gasteiger partial charge in [-0.25, -0.2) is 4.79 Å². The minimum absolute atomic E-state index is 0.00151. The molecule has 21 heavy (non-hydrogen) atoms. The smallest absolute Gasteiger partial charge is 0.330 e. The van der Waals surface area contributed by atoms with Crippen LogP contribution in [0.1, 0.15) is 25.8 Å². The Morgan fingerprint density at radius 2 is 1.95 bits per heavy atom. The van der Waals surface area contributed by atoms with Crippen molar-refractivity contribution in [2.45, 2.75) is 31.5 Å². The van der Waals surface area contributed by atoms with Gasteiger partial charge in [-0.2, -0.15) is 0 Å². The van der Waals surface area contributed by atoms with Gasteiger partial charge in [0.15, 0.2) is 0 Å². The van der Waals surface area contributed by atoms with Crippen LogP contribution in [-0.4, -0.2) is 22.1 Å². The third-order valence-corrected chi connectivity index (χ3v) is 6.99. The second-order valence-corrected chi connectivity index (χ2v) is 8.40. The molecule has 1 fully saturated rings. The molecule has 0 spiro atoms. The zero-order chi connectivity index (χ0) is 15.1. The summed E-state index contributed by atoms with van der Waals surface area (Å²) in [7, 11) is 0. The molecule has 1 aromatic rings. The Kier molecular flexibility index (Phi) is 6.24. The Morgan fingerprint density at radius 1 is 1.29 bits per heavy atom. The Balaban J connectivity index is 1.83. The number of rotatable bonds is 5. The molecule has 0 aliphatic carbocycles. The first-order chi connectivity index (χ1) is 10.1. The van der Waals surface area contributed by atoms with E-state index in [-0.39, 0.29) is 11.4 Å². The van der Waals surface area contributed by atoms with Crippen LogP contribution in [0.25, 0.3) is 0 Å². The SMILES string of the molecule is CC(C)(/C=C/C(=O)OCc1ccccc1)C1SCCCS1. The van der Waals surface area contributed by atoms with E-state index in [2.05, 4.69) is 13.8 Å². The maximum atomic E-state index is 11.8. The molecule has 1 aliphatic heterocycles. The zero-order valence-electron chi connectivity index (χ0n) is 12.6. The average Bonchev–Trinajstić information content (AvgIpc) is 2.53. The third-order valence-electron chi connectivity index (χ3n) is 3.31. The van der Waals surface area contributed by atoms with Gasteiger partial charge in [-0.1, -0.05) is 50.3 Å². The zero-order valence-corrected chi connectivity index (χ0v) is 14.2. The second-order valence-electron chi connectivity index (χ2n) is 5.68. The largest absolute Gasteiger partial charge is 0.458 e. The van der Waals surface area contributed by atoms with Crippen LogP contribution < -0.4 is 0 Å². The fraction of sp³-hybridized carbons (Fsp3) is 0.471. The Hall–Kier alpha value is -0.870. The Labute approximate surface area is 135 Å². The van der Waals surface area contributed by atoms with Crippen LogP contribution in [0.2, 0.25) is 0 Å². The molecule has 114 valence electrons. The molecule has 4 heteroatoms. The molecule has 0 radical (unpaired) electrons. The summed E-state index contributed by atoms with van der Waals surface area (Å²) in [5.41, 5.74) is 1.01. The van der Waals surface area contributed by atoms with Gasteiger partial charge in [0.2, 0.25) is 0 Å². The van der Waals surface area contributed by atoms with Crippen molar-refractivity contribution in [1.29, 1.82) is 0 Å². The predicted molar refractivity (Wildman–Crippen MR) is 92.5 cm³/mol. The van der Waals surface area contributed by atoms with Crippen LogP contribution >= 0.6 is 23.5 Å². The number of thioether (sulfide) groups is 2. The predicted octanol–water partition coefficient (Wildman–Crippen LogP) is 4.51. The highest BCUT2D eigenvalue weighted by Crippen LogP contribution is 2.43. The van der Waals surface area contributed by atoms with E-state index in [1.807, 2.05) is 59.9 Å². The van der Waals surface area contributed by atoms with Gasteiger partial charge in [0.05, 0.1) is 4.58 Å². The quantitative estimate of drug-likeness (QED) is 0.588. The number of allylic oxidation sites excluding steroid dienone is 1. The molecule has 1 aliphatic rings. The van der Waals surface area contributed by atoms with E-state index in [1.54, 1.807) is 6.08 Å². The fourth-order valence-corrected chi connectivity index (χ4v) is 5.27. The highest BCUT2D eigenvalue weighted by molar-refractivity contribution is 8.17. The van der Waals surface area contributed by atoms with Gasteiger partial charge < -0.3 is 4.74 Å². The molecule has 1 saturated heterocycles. The summed E-state index contributed by atoms with van der Waals surface area (Å²) < 4.78 is 5.79. The van der Waals surface area contributed by atoms with Gasteiger partial charge in [-0.3, -0.25) is 0 Å². The molecule has 0 atom stereocenters. The number of esters is 1. The van der Waals surface area contributed by atoms with Crippen LogP contribution in [0.3, 0.4) is 0 Å². The minimum atomic E-state index is -0.266. The van der Waals surface area contributed by atoms with Crippen molar-refractivity contribution in [3.63, 3.8) is 0 Å². The van der Waals surface area contributed by atoms with Gasteiger partial charge in [-0.05, 0) is 23.5 Å². The van der Waals surface area contributed by atoms with Gasteiger partial charge in [0.25, 0.3) is 0 Å². The van der Waals surface area contributed by atoms with Gasteiger partial charge >= 0.3 is 5.97 Å². The lowest BCUT2D eigenvalue weighted by atomic mass is 9.95. The van der Waals surface area contributed by atoms with E-state index in [1.165, 1.54) is 17.9 Å². The first-order valence-electron chi connectivity index (χ1n) is 7.21. The van der Waals surface area contributed by atoms with Crippen LogP contribution in [0.5, 0.6) is 0 Å². The standard InChI is InChI=1S/C17H22O2S2/c1-17(2,16-20-11-6-12-21-16)10-9-15(18)19-13-14-7-4-3-5-8-14/h3-5,7-10,16H,6,11-13H2,1-2H3/b10-9+. The van der Waals surface area contributed by atoms with E-state index in [0.29, 0.717) is 11.2 Å². The number of hydrogen-bond acceptors (Lipinski definition) is 4. The summed E-state index contributed by atoms with van der Waals surface area (Å²) in [5, 5.41) is 0. The normalized spacial score (nSPS) is 17.0. The highest BCUT2D eigenvalue weighted by Gasteiger charge is 2.29. The molecule has 2 nitrogen and oxygen atoms in total. The number of hydrogen-bond donors (Lipinski definition) is 0. The van der Waals surface area contributed by atoms with Crippen molar-refractivity contribution in [2.75, 3.05) is 11.5 Å². The van der Waals surface area contributed by atoms with E-state index in [0.717, 1.165) is 5.56 Å². The van der Waals surface area contributed by atoms with Gasteiger partial charge in [-0.15, -0.1) is 23.5 Å². The molecular formula is C17H22O2S2. The minimum Gasteiger partial charge on any atom is -0.458 e. The maximum absolute atomic E-state index is 11.8. The molecular weight excluding hydrogens is 300 g/mol. The first-order valence-corrected chi connectivity index (χ1v) is 9.31. The lowest BCUT2D eigenvalue weighted by Crippen LogP contribution is -2.25. The fourth-order valence-electron chi connectivity index (χ4n) is 2.06. The summed E-state index contributed by atoms with van der Waals surface area (Å²) >= 11 is 3.98. The van der Waals surface area contributed by atoms with E-state index in [4.69, 9.17) is 4.74 Å². The van der Waals surface area contributed by atoms with Crippen molar-refractivity contribution in [3.05, 3.63) is 48.0 Å². The van der Waals surface area contributed by atoms with Crippen molar-refractivity contribution in [2.24, 2.45) is 5.41 Å². The van der Waals surface area contributed by atoms with E-state index >= 15 is 0 Å². The average molecular weight is 322 g/mol. The molecule has 0 saturated carbocycles. The maximum Gasteiger partial charge on any atom is 0.330 e. The lowest BCUT2D eigenvalue weighted by molar-refractivity contribution is -0.139. The molecule has 0 aromatic heterocycles.